The number of hydrogen-bond acceptors (Lipinski definition) is 14. The molecule has 9 aliphatic heterocycles. The fourth-order valence-corrected chi connectivity index (χ4v) is 20.2. The van der Waals surface area contributed by atoms with E-state index >= 15 is 0 Å². The van der Waals surface area contributed by atoms with Gasteiger partial charge < -0.3 is 71.5 Å². The Labute approximate surface area is 799 Å². The number of rotatable bonds is 30. The number of carbonyl (C=O) groups is 7. The Morgan fingerprint density at radius 2 is 0.493 bits per heavy atom. The minimum Gasteiger partial charge on any atom is -0.342 e. The molecule has 9 fully saturated rings. The van der Waals surface area contributed by atoms with Crippen LogP contribution in [-0.2, 0) is 78.5 Å². The number of benzene rings is 7. The van der Waals surface area contributed by atoms with Crippen molar-refractivity contribution in [2.75, 3.05) is 112 Å². The van der Waals surface area contributed by atoms with E-state index in [0.717, 1.165) is 227 Å². The molecule has 7 aromatic rings. The summed E-state index contributed by atoms with van der Waals surface area (Å²) in [6, 6.07) is 67.6. The molecule has 9 heterocycles. The summed E-state index contributed by atoms with van der Waals surface area (Å²) < 4.78 is 25.8. The lowest BCUT2D eigenvalue weighted by Gasteiger charge is -2.35. The minimum absolute atomic E-state index is 0.0865. The molecular weight excluding hydrogens is 1680 g/mol. The van der Waals surface area contributed by atoms with E-state index in [-0.39, 0.29) is 59.0 Å². The molecule has 0 radical (unpaired) electrons. The maximum absolute atomic E-state index is 12.9. The first-order valence-electron chi connectivity index (χ1n) is 50.2. The molecule has 9 aliphatic rings. The van der Waals surface area contributed by atoms with Gasteiger partial charge in [0, 0.05) is 113 Å². The van der Waals surface area contributed by atoms with Crippen LogP contribution < -0.4 is 37.2 Å². The van der Waals surface area contributed by atoms with E-state index in [1.54, 1.807) is 30.3 Å². The molecule has 9 saturated heterocycles. The molecule has 0 saturated carbocycles. The SMILES string of the molecule is C=CCN(C(=O)Cc1ccc(F)cc1)C1CCNCC1.C=CCN(C(=O)Cc1ccccc1)C1CCNCC1.CCCN(C(=O)Cc1ccc(F)cc1)C1CCNCC1.CCCN(C(=O)Cc1ccccc1)C1CCNCC1.CCN(C(=O)Cc1ccccc1)C1CCNCC1.CN(C(=O)Cc1ccccc1)C1C[C@H]2CC[C@@H](C1)N2.CN(C(=O)Cc1ccccc1)C1C[C@H]2CC[C@@H](C1)N2. The average Bonchev–Trinajstić information content (AvgIpc) is 1.69. The van der Waals surface area contributed by atoms with Gasteiger partial charge in [-0.2, -0.15) is 0 Å². The van der Waals surface area contributed by atoms with Gasteiger partial charge in [0.05, 0.1) is 44.9 Å². The molecule has 2 unspecified atom stereocenters. The lowest BCUT2D eigenvalue weighted by atomic mass is 9.98. The van der Waals surface area contributed by atoms with Gasteiger partial charge in [0.15, 0.2) is 0 Å². The summed E-state index contributed by atoms with van der Waals surface area (Å²) in [4.78, 5) is 101. The van der Waals surface area contributed by atoms with Gasteiger partial charge in [0.25, 0.3) is 0 Å². The second kappa shape index (κ2) is 59.0. The number of amides is 7. The zero-order valence-corrected chi connectivity index (χ0v) is 80.9. The molecule has 0 aromatic heterocycles. The van der Waals surface area contributed by atoms with Crippen LogP contribution in [0.3, 0.4) is 0 Å². The Morgan fingerprint density at radius 1 is 0.284 bits per heavy atom. The van der Waals surface area contributed by atoms with E-state index in [9.17, 15) is 42.3 Å². The molecule has 6 atom stereocenters. The molecule has 16 rings (SSSR count). The third-order valence-corrected chi connectivity index (χ3v) is 27.6. The van der Waals surface area contributed by atoms with Crippen molar-refractivity contribution < 1.29 is 42.3 Å². The van der Waals surface area contributed by atoms with Gasteiger partial charge in [-0.3, -0.25) is 33.6 Å². The summed E-state index contributed by atoms with van der Waals surface area (Å²) in [7, 11) is 3.95. The van der Waals surface area contributed by atoms with Crippen molar-refractivity contribution in [1.82, 2.24) is 71.5 Å². The number of fused-ring (bicyclic) bond motifs is 4. The van der Waals surface area contributed by atoms with Gasteiger partial charge in [0.1, 0.15) is 11.6 Å². The molecule has 0 aliphatic carbocycles. The molecule has 0 spiro atoms. The zero-order chi connectivity index (χ0) is 95.0. The molecule has 134 heavy (non-hydrogen) atoms. The number of piperidine rings is 7. The standard InChI is InChI=1S/C16H23FN2O.C16H21FN2O.2C16H22N2O.C16H24N2O.C16H22N2O.C15H22N2O/c2*1-2-11-19(15-7-9-18-10-8-15)16(20)12-13-3-5-14(17)6-4-13;2*1-18(15-10-13-7-8-14(11-15)17-13)16(19)9-12-5-3-2-4-6-12;2*1-2-12-18(15-8-10-17-11-9-15)16(19)13-14-6-4-3-5-7-14;1-2-17(14-8-10-16-11-9-14)15(18)12-13-6-4-3-5-7-13/h3-6,15,18H,2,7-12H2,1H3;2-6,15,18H,1,7-12H2;2*2-6,13-15,17H,7-11H2,1H3;3-7,15,17H,2,8-13H2,1H3;2-7,15,17H,1,8-13H2;3-7,14,16H,2,8-12H2,1H3/t;;2*13-,14+,15?;;;. The number of likely N-dealkylation sites (N-methyl/N-ethyl adjacent to an activating group) is 3. The van der Waals surface area contributed by atoms with Gasteiger partial charge in [0.2, 0.25) is 41.4 Å². The number of carbonyl (C=O) groups excluding carboxylic acids is 7. The van der Waals surface area contributed by atoms with Crippen LogP contribution in [0.5, 0.6) is 0 Å². The Kier molecular flexibility index (Phi) is 46.7. The number of hydrogen-bond donors (Lipinski definition) is 7. The second-order valence-electron chi connectivity index (χ2n) is 37.4. The molecule has 23 heteroatoms. The van der Waals surface area contributed by atoms with Crippen molar-refractivity contribution >= 4 is 41.4 Å². The second-order valence-corrected chi connectivity index (χ2v) is 37.4. The van der Waals surface area contributed by atoms with Crippen molar-refractivity contribution in [2.45, 2.75) is 261 Å². The molecule has 4 bridgehead atoms. The van der Waals surface area contributed by atoms with Crippen LogP contribution in [0.15, 0.2) is 226 Å². The summed E-state index contributed by atoms with van der Waals surface area (Å²) in [6.45, 7) is 27.5. The Hall–Kier alpha value is -10.1. The highest BCUT2D eigenvalue weighted by Gasteiger charge is 2.39. The number of nitrogens with one attached hydrogen (secondary N) is 7. The maximum Gasteiger partial charge on any atom is 0.227 e. The molecule has 7 aromatic carbocycles. The Balaban J connectivity index is 0.000000162. The van der Waals surface area contributed by atoms with Gasteiger partial charge in [-0.05, 0) is 264 Å². The van der Waals surface area contributed by atoms with Crippen LogP contribution >= 0.6 is 0 Å². The fourth-order valence-electron chi connectivity index (χ4n) is 20.2. The predicted octanol–water partition coefficient (Wildman–Crippen LogP) is 14.5. The van der Waals surface area contributed by atoms with Crippen LogP contribution in [0.4, 0.5) is 8.78 Å². The summed E-state index contributed by atoms with van der Waals surface area (Å²) in [5.41, 5.74) is 7.24. The van der Waals surface area contributed by atoms with Crippen molar-refractivity contribution in [2.24, 2.45) is 0 Å². The first-order valence-corrected chi connectivity index (χ1v) is 50.2. The molecule has 726 valence electrons. The van der Waals surface area contributed by atoms with Crippen molar-refractivity contribution in [3.63, 3.8) is 0 Å². The van der Waals surface area contributed by atoms with Gasteiger partial charge in [-0.15, -0.1) is 13.2 Å². The largest absolute Gasteiger partial charge is 0.342 e. The van der Waals surface area contributed by atoms with Crippen molar-refractivity contribution in [1.29, 1.82) is 0 Å². The smallest absolute Gasteiger partial charge is 0.227 e. The average molecular weight is 1840 g/mol. The quantitative estimate of drug-likeness (QED) is 0.0208. The van der Waals surface area contributed by atoms with E-state index in [1.807, 2.05) is 201 Å². The highest BCUT2D eigenvalue weighted by molar-refractivity contribution is 5.82. The summed E-state index contributed by atoms with van der Waals surface area (Å²) in [6.07, 6.45) is 28.9. The lowest BCUT2D eigenvalue weighted by Crippen LogP contribution is -2.49. The van der Waals surface area contributed by atoms with E-state index in [0.29, 0.717) is 118 Å². The maximum atomic E-state index is 12.9. The fraction of sp³-hybridized carbons (Fsp3) is 0.523. The van der Waals surface area contributed by atoms with E-state index in [1.165, 1.54) is 49.9 Å². The van der Waals surface area contributed by atoms with Crippen LogP contribution in [0.1, 0.15) is 188 Å². The first kappa shape index (κ1) is 106. The monoisotopic (exact) mass is 1840 g/mol. The first-order chi connectivity index (χ1) is 65.3. The van der Waals surface area contributed by atoms with Gasteiger partial charge >= 0.3 is 0 Å². The Morgan fingerprint density at radius 3 is 0.724 bits per heavy atom. The molecule has 21 nitrogen and oxygen atoms in total. The lowest BCUT2D eigenvalue weighted by molar-refractivity contribution is -0.134. The zero-order valence-electron chi connectivity index (χ0n) is 80.9. The van der Waals surface area contributed by atoms with E-state index in [4.69, 9.17) is 0 Å². The third kappa shape index (κ3) is 36.2. The van der Waals surface area contributed by atoms with Crippen LogP contribution in [0.25, 0.3) is 0 Å². The van der Waals surface area contributed by atoms with Gasteiger partial charge in [-0.1, -0.05) is 202 Å². The number of halogens is 2. The van der Waals surface area contributed by atoms with Crippen LogP contribution in [0.2, 0.25) is 0 Å². The van der Waals surface area contributed by atoms with Gasteiger partial charge in [-0.25, -0.2) is 8.78 Å². The summed E-state index contributed by atoms with van der Waals surface area (Å²) >= 11 is 0. The molecular formula is C111H156F2N14O7. The third-order valence-electron chi connectivity index (χ3n) is 27.6. The Bertz CT molecular complexity index is 4450. The summed E-state index contributed by atoms with van der Waals surface area (Å²) in [5.74, 6) is 0.949. The predicted molar refractivity (Wildman–Crippen MR) is 537 cm³/mol. The topological polar surface area (TPSA) is 226 Å². The minimum atomic E-state index is -0.275. The van der Waals surface area contributed by atoms with E-state index < -0.39 is 0 Å². The van der Waals surface area contributed by atoms with Crippen LogP contribution in [-0.4, -0.2) is 254 Å². The normalized spacial score (nSPS) is 19.8. The highest BCUT2D eigenvalue weighted by atomic mass is 19.1. The highest BCUT2D eigenvalue weighted by Crippen LogP contribution is 2.32. The molecule has 7 N–H and O–H groups in total. The van der Waals surface area contributed by atoms with Crippen molar-refractivity contribution in [3.8, 4) is 0 Å². The molecule has 7 amide bonds. The summed E-state index contributed by atoms with van der Waals surface area (Å²) in [5, 5.41) is 23.9. The van der Waals surface area contributed by atoms with Crippen molar-refractivity contribution in [3.05, 3.63) is 276 Å². The van der Waals surface area contributed by atoms with Crippen LogP contribution in [0, 0.1) is 11.6 Å². The number of nitrogens with zero attached hydrogens (tertiary/aromatic N) is 7. The van der Waals surface area contributed by atoms with E-state index in [2.05, 4.69) is 76.0 Å².